The smallest absolute Gasteiger partial charge is 0.226 e. The number of likely N-dealkylation sites (tertiary alicyclic amines) is 1. The minimum atomic E-state index is 0.181. The zero-order valence-corrected chi connectivity index (χ0v) is 11.4. The summed E-state index contributed by atoms with van der Waals surface area (Å²) >= 11 is 1.77. The highest BCUT2D eigenvalue weighted by Gasteiger charge is 2.36. The Hall–Kier alpha value is -0.870. The molecule has 3 rings (SSSR count). The third-order valence-electron chi connectivity index (χ3n) is 4.23. The summed E-state index contributed by atoms with van der Waals surface area (Å²) in [5, 5.41) is 2.10. The van der Waals surface area contributed by atoms with E-state index in [2.05, 4.69) is 22.4 Å². The van der Waals surface area contributed by atoms with Gasteiger partial charge in [0.15, 0.2) is 0 Å². The first-order chi connectivity index (χ1) is 8.75. The van der Waals surface area contributed by atoms with Crippen LogP contribution < -0.4 is 5.73 Å². The lowest BCUT2D eigenvalue weighted by atomic mass is 10.1. The highest BCUT2D eigenvalue weighted by molar-refractivity contribution is 7.10. The van der Waals surface area contributed by atoms with Crippen LogP contribution in [0.5, 0.6) is 0 Å². The summed E-state index contributed by atoms with van der Waals surface area (Å²) in [4.78, 5) is 16.0. The Morgan fingerprint density at radius 1 is 1.39 bits per heavy atom. The van der Waals surface area contributed by atoms with E-state index in [1.54, 1.807) is 11.3 Å². The number of carbonyl (C=O) groups excluding carboxylic acids is 1. The van der Waals surface area contributed by atoms with E-state index in [0.29, 0.717) is 11.9 Å². The van der Waals surface area contributed by atoms with Crippen LogP contribution in [0, 0.1) is 5.92 Å². The zero-order valence-electron chi connectivity index (χ0n) is 10.5. The van der Waals surface area contributed by atoms with E-state index in [0.717, 1.165) is 38.6 Å². The molecule has 1 amide bonds. The van der Waals surface area contributed by atoms with Crippen molar-refractivity contribution in [2.24, 2.45) is 11.7 Å². The first kappa shape index (κ1) is 12.2. The third kappa shape index (κ3) is 2.19. The molecule has 18 heavy (non-hydrogen) atoms. The van der Waals surface area contributed by atoms with Gasteiger partial charge in [0.1, 0.15) is 0 Å². The van der Waals surface area contributed by atoms with Crippen LogP contribution in [0.15, 0.2) is 17.5 Å². The van der Waals surface area contributed by atoms with Gasteiger partial charge in [-0.25, -0.2) is 0 Å². The zero-order chi connectivity index (χ0) is 12.5. The molecule has 1 aliphatic carbocycles. The molecular formula is C14H20N2OS. The SMILES string of the molecule is NC1CCC(C(=O)N2CCCC2c2cccs2)C1. The van der Waals surface area contributed by atoms with E-state index in [1.807, 2.05) is 0 Å². The van der Waals surface area contributed by atoms with Gasteiger partial charge in [0, 0.05) is 23.4 Å². The van der Waals surface area contributed by atoms with E-state index in [1.165, 1.54) is 4.88 Å². The number of thiophene rings is 1. The summed E-state index contributed by atoms with van der Waals surface area (Å²) in [6.07, 6.45) is 5.12. The molecule has 1 aromatic rings. The Bertz CT molecular complexity index is 417. The van der Waals surface area contributed by atoms with Gasteiger partial charge in [-0.15, -0.1) is 11.3 Å². The van der Waals surface area contributed by atoms with Gasteiger partial charge in [0.25, 0.3) is 0 Å². The molecule has 0 spiro atoms. The average Bonchev–Trinajstić information content (AvgIpc) is 3.08. The minimum Gasteiger partial charge on any atom is -0.335 e. The molecule has 2 N–H and O–H groups in total. The Kier molecular flexibility index (Phi) is 3.39. The van der Waals surface area contributed by atoms with E-state index in [-0.39, 0.29) is 12.0 Å². The van der Waals surface area contributed by atoms with Crippen LogP contribution in [-0.4, -0.2) is 23.4 Å². The van der Waals surface area contributed by atoms with Gasteiger partial charge >= 0.3 is 0 Å². The van der Waals surface area contributed by atoms with Gasteiger partial charge in [-0.2, -0.15) is 0 Å². The number of rotatable bonds is 2. The van der Waals surface area contributed by atoms with Crippen molar-refractivity contribution in [3.63, 3.8) is 0 Å². The van der Waals surface area contributed by atoms with E-state index < -0.39 is 0 Å². The summed E-state index contributed by atoms with van der Waals surface area (Å²) in [6, 6.07) is 4.80. The van der Waals surface area contributed by atoms with Crippen molar-refractivity contribution in [2.45, 2.75) is 44.2 Å². The number of nitrogens with zero attached hydrogens (tertiary/aromatic N) is 1. The third-order valence-corrected chi connectivity index (χ3v) is 5.20. The molecule has 1 saturated carbocycles. The molecule has 1 aromatic heterocycles. The Labute approximate surface area is 112 Å². The molecule has 1 saturated heterocycles. The van der Waals surface area contributed by atoms with Crippen molar-refractivity contribution < 1.29 is 4.79 Å². The molecule has 98 valence electrons. The maximum absolute atomic E-state index is 12.6. The molecule has 0 bridgehead atoms. The Morgan fingerprint density at radius 3 is 2.94 bits per heavy atom. The number of hydrogen-bond donors (Lipinski definition) is 1. The summed E-state index contributed by atoms with van der Waals surface area (Å²) in [5.41, 5.74) is 5.92. The van der Waals surface area contributed by atoms with E-state index >= 15 is 0 Å². The molecule has 2 aliphatic rings. The molecule has 0 radical (unpaired) electrons. The van der Waals surface area contributed by atoms with Crippen LogP contribution in [0.1, 0.15) is 43.0 Å². The number of amides is 1. The fourth-order valence-corrected chi connectivity index (χ4v) is 4.16. The highest BCUT2D eigenvalue weighted by atomic mass is 32.1. The topological polar surface area (TPSA) is 46.3 Å². The average molecular weight is 264 g/mol. The van der Waals surface area contributed by atoms with E-state index in [9.17, 15) is 4.79 Å². The van der Waals surface area contributed by atoms with Crippen molar-refractivity contribution in [1.82, 2.24) is 4.90 Å². The van der Waals surface area contributed by atoms with Gasteiger partial charge in [-0.3, -0.25) is 4.79 Å². The number of nitrogens with two attached hydrogens (primary N) is 1. The molecule has 1 aliphatic heterocycles. The summed E-state index contributed by atoms with van der Waals surface area (Å²) in [5.74, 6) is 0.527. The van der Waals surface area contributed by atoms with Crippen molar-refractivity contribution in [3.8, 4) is 0 Å². The number of carbonyl (C=O) groups is 1. The summed E-state index contributed by atoms with van der Waals surface area (Å²) < 4.78 is 0. The van der Waals surface area contributed by atoms with Crippen molar-refractivity contribution in [1.29, 1.82) is 0 Å². The molecule has 3 atom stereocenters. The fraction of sp³-hybridized carbons (Fsp3) is 0.643. The van der Waals surface area contributed by atoms with Gasteiger partial charge in [-0.1, -0.05) is 6.07 Å². The van der Waals surface area contributed by atoms with Gasteiger partial charge in [-0.05, 0) is 43.6 Å². The van der Waals surface area contributed by atoms with E-state index in [4.69, 9.17) is 5.73 Å². The second kappa shape index (κ2) is 5.02. The van der Waals surface area contributed by atoms with Crippen LogP contribution in [0.25, 0.3) is 0 Å². The van der Waals surface area contributed by atoms with Crippen molar-refractivity contribution >= 4 is 17.2 Å². The monoisotopic (exact) mass is 264 g/mol. The second-order valence-corrected chi connectivity index (χ2v) is 6.45. The van der Waals surface area contributed by atoms with Crippen molar-refractivity contribution in [3.05, 3.63) is 22.4 Å². The highest BCUT2D eigenvalue weighted by Crippen LogP contribution is 2.37. The van der Waals surface area contributed by atoms with Crippen LogP contribution >= 0.6 is 11.3 Å². The quantitative estimate of drug-likeness (QED) is 0.892. The first-order valence-corrected chi connectivity index (χ1v) is 7.73. The molecule has 2 heterocycles. The second-order valence-electron chi connectivity index (χ2n) is 5.48. The summed E-state index contributed by atoms with van der Waals surface area (Å²) in [7, 11) is 0. The molecule has 0 aromatic carbocycles. The van der Waals surface area contributed by atoms with Crippen LogP contribution in [0.2, 0.25) is 0 Å². The standard InChI is InChI=1S/C14H20N2OS/c15-11-6-5-10(9-11)14(17)16-7-1-3-12(16)13-4-2-8-18-13/h2,4,8,10-12H,1,3,5-7,9,15H2. The maximum atomic E-state index is 12.6. The first-order valence-electron chi connectivity index (χ1n) is 6.85. The van der Waals surface area contributed by atoms with Crippen LogP contribution in [-0.2, 0) is 4.79 Å². The van der Waals surface area contributed by atoms with Gasteiger partial charge in [0.05, 0.1) is 6.04 Å². The Balaban J connectivity index is 1.73. The van der Waals surface area contributed by atoms with Gasteiger partial charge in [0.2, 0.25) is 5.91 Å². The predicted molar refractivity (Wildman–Crippen MR) is 73.3 cm³/mol. The molecule has 3 nitrogen and oxygen atoms in total. The Morgan fingerprint density at radius 2 is 2.28 bits per heavy atom. The maximum Gasteiger partial charge on any atom is 0.226 e. The molecule has 4 heteroatoms. The lowest BCUT2D eigenvalue weighted by Crippen LogP contribution is -2.35. The number of hydrogen-bond acceptors (Lipinski definition) is 3. The normalized spacial score (nSPS) is 32.1. The lowest BCUT2D eigenvalue weighted by molar-refractivity contribution is -0.136. The fourth-order valence-electron chi connectivity index (χ4n) is 3.28. The summed E-state index contributed by atoms with van der Waals surface area (Å²) in [6.45, 7) is 0.924. The minimum absolute atomic E-state index is 0.181. The molecule has 2 fully saturated rings. The lowest BCUT2D eigenvalue weighted by Gasteiger charge is -2.26. The predicted octanol–water partition coefficient (Wildman–Crippen LogP) is 2.54. The molecule has 3 unspecified atom stereocenters. The largest absolute Gasteiger partial charge is 0.335 e. The van der Waals surface area contributed by atoms with Gasteiger partial charge < -0.3 is 10.6 Å². The van der Waals surface area contributed by atoms with Crippen LogP contribution in [0.3, 0.4) is 0 Å². The van der Waals surface area contributed by atoms with Crippen LogP contribution in [0.4, 0.5) is 0 Å². The van der Waals surface area contributed by atoms with Crippen molar-refractivity contribution in [2.75, 3.05) is 6.54 Å². The molecular weight excluding hydrogens is 244 g/mol.